The Labute approximate surface area is 101 Å². The summed E-state index contributed by atoms with van der Waals surface area (Å²) in [6, 6.07) is 17.0. The second kappa shape index (κ2) is 4.10. The summed E-state index contributed by atoms with van der Waals surface area (Å²) in [6.45, 7) is 2.11. The van der Waals surface area contributed by atoms with Crippen LogP contribution in [0, 0.1) is 6.92 Å². The van der Waals surface area contributed by atoms with Gasteiger partial charge in [-0.05, 0) is 24.1 Å². The molecule has 1 heteroatoms. The van der Waals surface area contributed by atoms with E-state index in [9.17, 15) is 0 Å². The topological polar surface area (TPSA) is 13.1 Å². The highest BCUT2D eigenvalue weighted by atomic mass is 16.3. The Morgan fingerprint density at radius 2 is 1.76 bits per heavy atom. The highest BCUT2D eigenvalue weighted by Crippen LogP contribution is 2.22. The SMILES string of the molecule is Cc1ccc(Cc2cccc3ccoc23)cc1. The Hall–Kier alpha value is -2.02. The lowest BCUT2D eigenvalue weighted by atomic mass is 10.0. The van der Waals surface area contributed by atoms with Crippen molar-refractivity contribution in [2.45, 2.75) is 13.3 Å². The summed E-state index contributed by atoms with van der Waals surface area (Å²) >= 11 is 0. The number of furan rings is 1. The largest absolute Gasteiger partial charge is 0.464 e. The monoisotopic (exact) mass is 222 g/mol. The van der Waals surface area contributed by atoms with E-state index in [0.717, 1.165) is 12.0 Å². The van der Waals surface area contributed by atoms with Gasteiger partial charge in [0.1, 0.15) is 5.58 Å². The molecule has 0 radical (unpaired) electrons. The van der Waals surface area contributed by atoms with Crippen LogP contribution in [-0.2, 0) is 6.42 Å². The summed E-state index contributed by atoms with van der Waals surface area (Å²) in [4.78, 5) is 0. The number of hydrogen-bond donors (Lipinski definition) is 0. The summed E-state index contributed by atoms with van der Waals surface area (Å²) in [5, 5.41) is 1.18. The molecule has 0 spiro atoms. The number of aryl methyl sites for hydroxylation is 1. The van der Waals surface area contributed by atoms with E-state index in [1.165, 1.54) is 22.1 Å². The average Bonchev–Trinajstić information content (AvgIpc) is 2.81. The maximum atomic E-state index is 5.54. The van der Waals surface area contributed by atoms with Crippen LogP contribution in [0.1, 0.15) is 16.7 Å². The van der Waals surface area contributed by atoms with E-state index in [1.807, 2.05) is 6.07 Å². The molecule has 0 fully saturated rings. The average molecular weight is 222 g/mol. The Morgan fingerprint density at radius 1 is 0.941 bits per heavy atom. The van der Waals surface area contributed by atoms with Crippen LogP contribution in [-0.4, -0.2) is 0 Å². The highest BCUT2D eigenvalue weighted by Gasteiger charge is 2.04. The lowest BCUT2D eigenvalue weighted by molar-refractivity contribution is 0.612. The van der Waals surface area contributed by atoms with Crippen LogP contribution in [0.5, 0.6) is 0 Å². The third-order valence-electron chi connectivity index (χ3n) is 3.08. The van der Waals surface area contributed by atoms with Gasteiger partial charge in [-0.3, -0.25) is 0 Å². The molecule has 0 aliphatic rings. The van der Waals surface area contributed by atoms with Crippen molar-refractivity contribution in [2.75, 3.05) is 0 Å². The molecular formula is C16H14O. The summed E-state index contributed by atoms with van der Waals surface area (Å²) in [6.07, 6.45) is 2.68. The molecule has 3 aromatic rings. The van der Waals surface area contributed by atoms with Gasteiger partial charge in [-0.15, -0.1) is 0 Å². The van der Waals surface area contributed by atoms with Gasteiger partial charge in [-0.1, -0.05) is 48.0 Å². The number of rotatable bonds is 2. The maximum Gasteiger partial charge on any atom is 0.137 e. The van der Waals surface area contributed by atoms with Gasteiger partial charge in [0.05, 0.1) is 6.26 Å². The molecule has 0 saturated heterocycles. The normalized spacial score (nSPS) is 10.9. The van der Waals surface area contributed by atoms with Crippen molar-refractivity contribution in [3.8, 4) is 0 Å². The minimum atomic E-state index is 0.922. The number of hydrogen-bond acceptors (Lipinski definition) is 1. The molecule has 0 aliphatic carbocycles. The first kappa shape index (κ1) is 10.2. The number of benzene rings is 2. The maximum absolute atomic E-state index is 5.54. The zero-order valence-electron chi connectivity index (χ0n) is 9.81. The smallest absolute Gasteiger partial charge is 0.137 e. The minimum Gasteiger partial charge on any atom is -0.464 e. The predicted molar refractivity (Wildman–Crippen MR) is 70.2 cm³/mol. The van der Waals surface area contributed by atoms with Gasteiger partial charge < -0.3 is 4.42 Å². The Balaban J connectivity index is 1.99. The molecule has 0 amide bonds. The Morgan fingerprint density at radius 3 is 2.59 bits per heavy atom. The summed E-state index contributed by atoms with van der Waals surface area (Å²) in [5.74, 6) is 0. The predicted octanol–water partition coefficient (Wildman–Crippen LogP) is 4.33. The summed E-state index contributed by atoms with van der Waals surface area (Å²) in [5.41, 5.74) is 4.87. The summed E-state index contributed by atoms with van der Waals surface area (Å²) in [7, 11) is 0. The van der Waals surface area contributed by atoms with E-state index >= 15 is 0 Å². The first-order valence-corrected chi connectivity index (χ1v) is 5.83. The Kier molecular flexibility index (Phi) is 2.45. The molecule has 0 saturated carbocycles. The van der Waals surface area contributed by atoms with E-state index in [0.29, 0.717) is 0 Å². The van der Waals surface area contributed by atoms with Crippen molar-refractivity contribution in [1.82, 2.24) is 0 Å². The first-order valence-electron chi connectivity index (χ1n) is 5.83. The van der Waals surface area contributed by atoms with Gasteiger partial charge in [-0.2, -0.15) is 0 Å². The third kappa shape index (κ3) is 1.96. The van der Waals surface area contributed by atoms with Crippen LogP contribution in [0.15, 0.2) is 59.2 Å². The second-order valence-electron chi connectivity index (χ2n) is 4.42. The fraction of sp³-hybridized carbons (Fsp3) is 0.125. The molecule has 2 aromatic carbocycles. The number of para-hydroxylation sites is 1. The van der Waals surface area contributed by atoms with Crippen LogP contribution in [0.3, 0.4) is 0 Å². The second-order valence-corrected chi connectivity index (χ2v) is 4.42. The van der Waals surface area contributed by atoms with E-state index in [-0.39, 0.29) is 0 Å². The first-order chi connectivity index (χ1) is 8.33. The minimum absolute atomic E-state index is 0.922. The lowest BCUT2D eigenvalue weighted by Crippen LogP contribution is -1.88. The molecule has 0 unspecified atom stereocenters. The Bertz CT molecular complexity index is 632. The van der Waals surface area contributed by atoms with Crippen LogP contribution in [0.25, 0.3) is 11.0 Å². The fourth-order valence-electron chi connectivity index (χ4n) is 2.12. The van der Waals surface area contributed by atoms with Crippen molar-refractivity contribution in [3.05, 3.63) is 71.5 Å². The molecule has 1 aromatic heterocycles. The molecule has 1 heterocycles. The molecule has 1 nitrogen and oxygen atoms in total. The summed E-state index contributed by atoms with van der Waals surface area (Å²) < 4.78 is 5.54. The molecule has 0 bridgehead atoms. The fourth-order valence-corrected chi connectivity index (χ4v) is 2.12. The van der Waals surface area contributed by atoms with E-state index < -0.39 is 0 Å². The zero-order valence-corrected chi connectivity index (χ0v) is 9.81. The molecule has 3 rings (SSSR count). The van der Waals surface area contributed by atoms with Crippen molar-refractivity contribution < 1.29 is 4.42 Å². The molecular weight excluding hydrogens is 208 g/mol. The van der Waals surface area contributed by atoms with Crippen LogP contribution in [0.4, 0.5) is 0 Å². The molecule has 84 valence electrons. The van der Waals surface area contributed by atoms with Gasteiger partial charge >= 0.3 is 0 Å². The molecule has 0 atom stereocenters. The van der Waals surface area contributed by atoms with Gasteiger partial charge in [0.2, 0.25) is 0 Å². The number of fused-ring (bicyclic) bond motifs is 1. The van der Waals surface area contributed by atoms with Crippen molar-refractivity contribution in [2.24, 2.45) is 0 Å². The van der Waals surface area contributed by atoms with Crippen LogP contribution >= 0.6 is 0 Å². The van der Waals surface area contributed by atoms with E-state index in [1.54, 1.807) is 6.26 Å². The van der Waals surface area contributed by atoms with E-state index in [2.05, 4.69) is 49.4 Å². The molecule has 0 aliphatic heterocycles. The van der Waals surface area contributed by atoms with Crippen molar-refractivity contribution in [3.63, 3.8) is 0 Å². The highest BCUT2D eigenvalue weighted by molar-refractivity contribution is 5.80. The van der Waals surface area contributed by atoms with Gasteiger partial charge in [0.25, 0.3) is 0 Å². The van der Waals surface area contributed by atoms with E-state index in [4.69, 9.17) is 4.42 Å². The molecule has 0 N–H and O–H groups in total. The van der Waals surface area contributed by atoms with Crippen LogP contribution in [0.2, 0.25) is 0 Å². The standard InChI is InChI=1S/C16H14O/c1-12-5-7-13(8-6-12)11-15-4-2-3-14-9-10-17-16(14)15/h2-10H,11H2,1H3. The van der Waals surface area contributed by atoms with Gasteiger partial charge in [0.15, 0.2) is 0 Å². The quantitative estimate of drug-likeness (QED) is 0.629. The lowest BCUT2D eigenvalue weighted by Gasteiger charge is -2.03. The molecule has 17 heavy (non-hydrogen) atoms. The third-order valence-corrected chi connectivity index (χ3v) is 3.08. The van der Waals surface area contributed by atoms with Crippen molar-refractivity contribution in [1.29, 1.82) is 0 Å². The zero-order chi connectivity index (χ0) is 11.7. The van der Waals surface area contributed by atoms with Crippen molar-refractivity contribution >= 4 is 11.0 Å². The van der Waals surface area contributed by atoms with Gasteiger partial charge in [-0.25, -0.2) is 0 Å². The van der Waals surface area contributed by atoms with Gasteiger partial charge in [0, 0.05) is 11.8 Å². The van der Waals surface area contributed by atoms with Crippen LogP contribution < -0.4 is 0 Å².